The minimum Gasteiger partial charge on any atom is -0.367 e. The molecule has 7 nitrogen and oxygen atoms in total. The molecule has 1 atom stereocenters. The van der Waals surface area contributed by atoms with Crippen LogP contribution in [0, 0.1) is 0 Å². The largest absolute Gasteiger partial charge is 0.367 e. The summed E-state index contributed by atoms with van der Waals surface area (Å²) < 4.78 is 0. The molecule has 1 saturated heterocycles. The fraction of sp³-hybridized carbons (Fsp3) is 0.500. The summed E-state index contributed by atoms with van der Waals surface area (Å²) in [6.45, 7) is 1.62. The van der Waals surface area contributed by atoms with Crippen molar-refractivity contribution < 1.29 is 4.79 Å². The number of nitrogens with one attached hydrogen (secondary N) is 2. The molecule has 1 aliphatic heterocycles. The fourth-order valence-corrected chi connectivity index (χ4v) is 5.04. The topological polar surface area (TPSA) is 86.8 Å². The van der Waals surface area contributed by atoms with Crippen molar-refractivity contribution >= 4 is 22.6 Å². The van der Waals surface area contributed by atoms with Gasteiger partial charge in [-0.3, -0.25) is 14.9 Å². The molecule has 1 unspecified atom stereocenters. The van der Waals surface area contributed by atoms with E-state index in [0.29, 0.717) is 24.8 Å². The number of hydrogen-bond acceptors (Lipinski definition) is 5. The summed E-state index contributed by atoms with van der Waals surface area (Å²) in [5.41, 5.74) is 3.18. The van der Waals surface area contributed by atoms with E-state index in [-0.39, 0.29) is 5.91 Å². The number of nitrogens with zero attached hydrogens (tertiary/aromatic N) is 4. The van der Waals surface area contributed by atoms with Crippen molar-refractivity contribution in [1.82, 2.24) is 25.1 Å². The molecule has 0 radical (unpaired) electrons. The van der Waals surface area contributed by atoms with E-state index in [0.717, 1.165) is 41.9 Å². The second-order valence-corrected chi connectivity index (χ2v) is 8.84. The zero-order chi connectivity index (χ0) is 21.0. The van der Waals surface area contributed by atoms with E-state index in [9.17, 15) is 4.79 Å². The molecule has 1 amide bonds. The van der Waals surface area contributed by atoms with Gasteiger partial charge in [0.15, 0.2) is 0 Å². The molecular weight excluding hydrogens is 388 g/mol. The third-order valence-corrected chi connectivity index (χ3v) is 6.80. The average molecular weight is 419 g/mol. The van der Waals surface area contributed by atoms with Crippen molar-refractivity contribution in [2.24, 2.45) is 0 Å². The Morgan fingerprint density at radius 1 is 1.10 bits per heavy atom. The number of fused-ring (bicyclic) bond motifs is 1. The molecular formula is C24H30N6O. The molecule has 31 heavy (non-hydrogen) atoms. The lowest BCUT2D eigenvalue weighted by Crippen LogP contribution is -2.28. The summed E-state index contributed by atoms with van der Waals surface area (Å²) in [6.07, 6.45) is 13.9. The van der Waals surface area contributed by atoms with Crippen LogP contribution in [0.25, 0.3) is 10.9 Å². The van der Waals surface area contributed by atoms with Crippen LogP contribution < -0.4 is 5.32 Å². The Balaban J connectivity index is 1.24. The van der Waals surface area contributed by atoms with Crippen molar-refractivity contribution in [2.75, 3.05) is 18.4 Å². The maximum Gasteiger partial charge on any atom is 0.222 e. The van der Waals surface area contributed by atoms with Gasteiger partial charge in [0, 0.05) is 55.8 Å². The highest BCUT2D eigenvalue weighted by Gasteiger charge is 2.27. The van der Waals surface area contributed by atoms with Crippen molar-refractivity contribution in [2.45, 2.75) is 63.3 Å². The molecule has 2 N–H and O–H groups in total. The molecule has 1 saturated carbocycles. The first-order valence-electron chi connectivity index (χ1n) is 11.5. The summed E-state index contributed by atoms with van der Waals surface area (Å²) >= 11 is 0. The van der Waals surface area contributed by atoms with E-state index in [1.807, 2.05) is 29.6 Å². The normalized spacial score (nSPS) is 19.7. The summed E-state index contributed by atoms with van der Waals surface area (Å²) in [6, 6.07) is 6.53. The smallest absolute Gasteiger partial charge is 0.222 e. The van der Waals surface area contributed by atoms with Crippen LogP contribution >= 0.6 is 0 Å². The number of pyridine rings is 2. The van der Waals surface area contributed by atoms with Gasteiger partial charge in [-0.15, -0.1) is 0 Å². The van der Waals surface area contributed by atoms with E-state index in [2.05, 4.69) is 37.6 Å². The van der Waals surface area contributed by atoms with Gasteiger partial charge < -0.3 is 10.2 Å². The molecule has 4 heterocycles. The number of likely N-dealkylation sites (tertiary alicyclic amines) is 1. The Bertz CT molecular complexity index is 1030. The van der Waals surface area contributed by atoms with Crippen LogP contribution in [0.5, 0.6) is 0 Å². The molecule has 2 aliphatic rings. The lowest BCUT2D eigenvalue weighted by molar-refractivity contribution is -0.130. The number of H-pyrrole nitrogens is 1. The third-order valence-electron chi connectivity index (χ3n) is 6.80. The molecule has 2 fully saturated rings. The molecule has 3 aromatic rings. The first-order chi connectivity index (χ1) is 15.3. The Labute approximate surface area is 182 Å². The van der Waals surface area contributed by atoms with Gasteiger partial charge in [0.2, 0.25) is 5.91 Å². The number of carbonyl (C=O) groups is 1. The van der Waals surface area contributed by atoms with Gasteiger partial charge in [0.05, 0.1) is 10.9 Å². The SMILES string of the molecule is O=C(CCc1[nH]nc2ccnc(NC3CCCCC3)c12)N1CCC(c2ccncc2)C1. The van der Waals surface area contributed by atoms with Crippen LogP contribution in [0.15, 0.2) is 36.8 Å². The Hall–Kier alpha value is -2.96. The number of hydrogen-bond donors (Lipinski definition) is 2. The van der Waals surface area contributed by atoms with Crippen LogP contribution in [-0.4, -0.2) is 50.1 Å². The van der Waals surface area contributed by atoms with Gasteiger partial charge in [-0.2, -0.15) is 5.10 Å². The van der Waals surface area contributed by atoms with Crippen molar-refractivity contribution in [3.8, 4) is 0 Å². The highest BCUT2D eigenvalue weighted by Crippen LogP contribution is 2.29. The number of aryl methyl sites for hydroxylation is 1. The molecule has 1 aliphatic carbocycles. The summed E-state index contributed by atoms with van der Waals surface area (Å²) in [4.78, 5) is 23.6. The summed E-state index contributed by atoms with van der Waals surface area (Å²) in [7, 11) is 0. The standard InChI is InChI=1S/C24H30N6O/c31-22(30-15-11-18(16-30)17-8-12-25-13-9-17)7-6-20-23-21(29-28-20)10-14-26-24(23)27-19-4-2-1-3-5-19/h8-10,12-14,18-19H,1-7,11,15-16H2,(H,26,27)(H,28,29). The van der Waals surface area contributed by atoms with E-state index < -0.39 is 0 Å². The van der Waals surface area contributed by atoms with E-state index in [4.69, 9.17) is 0 Å². The monoisotopic (exact) mass is 418 g/mol. The summed E-state index contributed by atoms with van der Waals surface area (Å²) in [5, 5.41) is 12.3. The Kier molecular flexibility index (Phi) is 5.82. The van der Waals surface area contributed by atoms with Gasteiger partial charge in [-0.05, 0) is 49.4 Å². The fourth-order valence-electron chi connectivity index (χ4n) is 5.04. The number of anilines is 1. The molecule has 3 aromatic heterocycles. The van der Waals surface area contributed by atoms with Gasteiger partial charge >= 0.3 is 0 Å². The maximum absolute atomic E-state index is 12.9. The van der Waals surface area contributed by atoms with Crippen molar-refractivity contribution in [3.05, 3.63) is 48.0 Å². The predicted molar refractivity (Wildman–Crippen MR) is 121 cm³/mol. The number of aromatic nitrogens is 4. The highest BCUT2D eigenvalue weighted by atomic mass is 16.2. The van der Waals surface area contributed by atoms with E-state index >= 15 is 0 Å². The Morgan fingerprint density at radius 2 is 1.94 bits per heavy atom. The number of amides is 1. The lowest BCUT2D eigenvalue weighted by Gasteiger charge is -2.23. The predicted octanol–water partition coefficient (Wildman–Crippen LogP) is 4.05. The molecule has 0 spiro atoms. The number of rotatable bonds is 6. The minimum absolute atomic E-state index is 0.213. The second-order valence-electron chi connectivity index (χ2n) is 8.84. The molecule has 5 rings (SSSR count). The second kappa shape index (κ2) is 9.04. The van der Waals surface area contributed by atoms with Gasteiger partial charge in [0.25, 0.3) is 0 Å². The molecule has 7 heteroatoms. The highest BCUT2D eigenvalue weighted by molar-refractivity contribution is 5.92. The molecule has 0 bridgehead atoms. The van der Waals surface area contributed by atoms with Crippen molar-refractivity contribution in [1.29, 1.82) is 0 Å². The number of carbonyl (C=O) groups excluding carboxylic acids is 1. The van der Waals surface area contributed by atoms with Crippen LogP contribution in [0.4, 0.5) is 5.82 Å². The first-order valence-corrected chi connectivity index (χ1v) is 11.5. The Morgan fingerprint density at radius 3 is 2.77 bits per heavy atom. The maximum atomic E-state index is 12.9. The quantitative estimate of drug-likeness (QED) is 0.631. The summed E-state index contributed by atoms with van der Waals surface area (Å²) in [5.74, 6) is 1.53. The van der Waals surface area contributed by atoms with Crippen LogP contribution in [0.2, 0.25) is 0 Å². The van der Waals surface area contributed by atoms with E-state index in [1.54, 1.807) is 0 Å². The van der Waals surface area contributed by atoms with Gasteiger partial charge in [0.1, 0.15) is 5.82 Å². The molecule has 0 aromatic carbocycles. The minimum atomic E-state index is 0.213. The third kappa shape index (κ3) is 4.40. The van der Waals surface area contributed by atoms with Crippen LogP contribution in [0.1, 0.15) is 62.1 Å². The lowest BCUT2D eigenvalue weighted by atomic mass is 9.95. The van der Waals surface area contributed by atoms with Crippen LogP contribution in [0.3, 0.4) is 0 Å². The first kappa shape index (κ1) is 20.0. The van der Waals surface area contributed by atoms with Crippen LogP contribution in [-0.2, 0) is 11.2 Å². The van der Waals surface area contributed by atoms with Gasteiger partial charge in [-0.25, -0.2) is 4.98 Å². The zero-order valence-electron chi connectivity index (χ0n) is 17.9. The zero-order valence-corrected chi connectivity index (χ0v) is 17.9. The van der Waals surface area contributed by atoms with Crippen molar-refractivity contribution in [3.63, 3.8) is 0 Å². The van der Waals surface area contributed by atoms with Gasteiger partial charge in [-0.1, -0.05) is 19.3 Å². The average Bonchev–Trinajstić information content (AvgIpc) is 3.47. The molecule has 162 valence electrons. The number of aromatic amines is 1. The van der Waals surface area contributed by atoms with E-state index in [1.165, 1.54) is 37.7 Å².